The fraction of sp³-hybridized carbons (Fsp3) is 0.0833. The van der Waals surface area contributed by atoms with Gasteiger partial charge in [-0.2, -0.15) is 5.10 Å². The van der Waals surface area contributed by atoms with Crippen LogP contribution in [0.4, 0.5) is 5.69 Å². The smallest absolute Gasteiger partial charge is 0.338 e. The number of hydrogen-bond acceptors (Lipinski definition) is 6. The number of thioether (sulfide) groups is 1. The fourth-order valence-electron chi connectivity index (χ4n) is 3.06. The summed E-state index contributed by atoms with van der Waals surface area (Å²) in [5.41, 5.74) is 5.53. The zero-order valence-corrected chi connectivity index (χ0v) is 17.7. The SMILES string of the molecule is O=C(COC(=O)c1ccc2c(c1)NC(=O)CS2)NN=C(c1ccccc1)c1ccccc1. The van der Waals surface area contributed by atoms with E-state index in [1.165, 1.54) is 11.8 Å². The van der Waals surface area contributed by atoms with Crippen LogP contribution in [0.15, 0.2) is 88.9 Å². The van der Waals surface area contributed by atoms with Crippen molar-refractivity contribution < 1.29 is 19.1 Å². The van der Waals surface area contributed by atoms with E-state index in [1.807, 2.05) is 60.7 Å². The van der Waals surface area contributed by atoms with Crippen molar-refractivity contribution in [3.63, 3.8) is 0 Å². The quantitative estimate of drug-likeness (QED) is 0.344. The van der Waals surface area contributed by atoms with Gasteiger partial charge in [-0.25, -0.2) is 10.2 Å². The molecule has 2 N–H and O–H groups in total. The van der Waals surface area contributed by atoms with Crippen molar-refractivity contribution in [3.05, 3.63) is 95.6 Å². The number of carbonyl (C=O) groups is 3. The Morgan fingerprint density at radius 1 is 0.938 bits per heavy atom. The highest BCUT2D eigenvalue weighted by Crippen LogP contribution is 2.32. The van der Waals surface area contributed by atoms with Crippen LogP contribution in [0.2, 0.25) is 0 Å². The molecule has 8 heteroatoms. The van der Waals surface area contributed by atoms with E-state index in [4.69, 9.17) is 4.74 Å². The minimum absolute atomic E-state index is 0.127. The lowest BCUT2D eigenvalue weighted by molar-refractivity contribution is -0.124. The predicted molar refractivity (Wildman–Crippen MR) is 123 cm³/mol. The molecule has 0 aliphatic carbocycles. The maximum Gasteiger partial charge on any atom is 0.338 e. The number of fused-ring (bicyclic) bond motifs is 1. The maximum absolute atomic E-state index is 12.3. The second-order valence-electron chi connectivity index (χ2n) is 6.85. The van der Waals surface area contributed by atoms with Gasteiger partial charge in [-0.05, 0) is 18.2 Å². The second-order valence-corrected chi connectivity index (χ2v) is 7.87. The lowest BCUT2D eigenvalue weighted by Gasteiger charge is -2.16. The van der Waals surface area contributed by atoms with Gasteiger partial charge in [0.15, 0.2) is 6.61 Å². The van der Waals surface area contributed by atoms with Crippen molar-refractivity contribution in [2.24, 2.45) is 5.10 Å². The third-order valence-electron chi connectivity index (χ3n) is 4.57. The normalized spacial score (nSPS) is 12.2. The number of hydrogen-bond donors (Lipinski definition) is 2. The number of nitrogens with zero attached hydrogens (tertiary/aromatic N) is 1. The molecule has 1 heterocycles. The van der Waals surface area contributed by atoms with E-state index in [1.54, 1.807) is 18.2 Å². The van der Waals surface area contributed by atoms with Crippen molar-refractivity contribution >= 4 is 40.9 Å². The van der Waals surface area contributed by atoms with E-state index >= 15 is 0 Å². The molecule has 0 atom stereocenters. The van der Waals surface area contributed by atoms with Crippen LogP contribution in [0.5, 0.6) is 0 Å². The number of esters is 1. The zero-order valence-electron chi connectivity index (χ0n) is 16.9. The molecular weight excluding hydrogens is 426 g/mol. The number of amides is 2. The van der Waals surface area contributed by atoms with Gasteiger partial charge in [-0.3, -0.25) is 9.59 Å². The largest absolute Gasteiger partial charge is 0.452 e. The van der Waals surface area contributed by atoms with Gasteiger partial charge in [0, 0.05) is 16.0 Å². The number of anilines is 1. The van der Waals surface area contributed by atoms with Crippen molar-refractivity contribution in [1.82, 2.24) is 5.43 Å². The molecule has 32 heavy (non-hydrogen) atoms. The summed E-state index contributed by atoms with van der Waals surface area (Å²) in [4.78, 5) is 37.0. The molecule has 2 amide bonds. The maximum atomic E-state index is 12.3. The first-order valence-corrected chi connectivity index (χ1v) is 10.8. The van der Waals surface area contributed by atoms with Crippen LogP contribution in [0, 0.1) is 0 Å². The second kappa shape index (κ2) is 9.93. The molecule has 160 valence electrons. The Labute approximate surface area is 188 Å². The molecule has 4 rings (SSSR count). The van der Waals surface area contributed by atoms with Gasteiger partial charge >= 0.3 is 5.97 Å². The highest BCUT2D eigenvalue weighted by molar-refractivity contribution is 8.00. The first kappa shape index (κ1) is 21.3. The summed E-state index contributed by atoms with van der Waals surface area (Å²) in [7, 11) is 0. The minimum atomic E-state index is -0.664. The summed E-state index contributed by atoms with van der Waals surface area (Å²) >= 11 is 1.40. The molecule has 0 unspecified atom stereocenters. The molecule has 0 fully saturated rings. The molecule has 0 saturated carbocycles. The van der Waals surface area contributed by atoms with Crippen molar-refractivity contribution in [2.45, 2.75) is 4.90 Å². The van der Waals surface area contributed by atoms with E-state index in [0.717, 1.165) is 16.0 Å². The van der Waals surface area contributed by atoms with Crippen LogP contribution in [0.1, 0.15) is 21.5 Å². The lowest BCUT2D eigenvalue weighted by atomic mass is 10.0. The molecule has 7 nitrogen and oxygen atoms in total. The number of carbonyl (C=O) groups excluding carboxylic acids is 3. The van der Waals surface area contributed by atoms with Gasteiger partial charge < -0.3 is 10.1 Å². The molecule has 0 bridgehead atoms. The number of nitrogens with one attached hydrogen (secondary N) is 2. The standard InChI is InChI=1S/C24H19N3O4S/c28-21(14-31-24(30)18-11-12-20-19(13-18)25-22(29)15-32-20)26-27-23(16-7-3-1-4-8-16)17-9-5-2-6-10-17/h1-13H,14-15H2,(H,25,29)(H,26,28). The number of benzene rings is 3. The summed E-state index contributed by atoms with van der Waals surface area (Å²) in [5, 5.41) is 6.98. The first-order valence-electron chi connectivity index (χ1n) is 9.81. The van der Waals surface area contributed by atoms with Gasteiger partial charge in [0.25, 0.3) is 5.91 Å². The van der Waals surface area contributed by atoms with Crippen molar-refractivity contribution in [1.29, 1.82) is 0 Å². The Morgan fingerprint density at radius 3 is 2.25 bits per heavy atom. The van der Waals surface area contributed by atoms with Crippen molar-refractivity contribution in [2.75, 3.05) is 17.7 Å². The number of ether oxygens (including phenoxy) is 1. The monoisotopic (exact) mass is 445 g/mol. The summed E-state index contributed by atoms with van der Waals surface area (Å²) in [5.74, 6) is -1.02. The van der Waals surface area contributed by atoms with Crippen LogP contribution in [0.25, 0.3) is 0 Å². The lowest BCUT2D eigenvalue weighted by Crippen LogP contribution is -2.26. The number of hydrazone groups is 1. The van der Waals surface area contributed by atoms with Gasteiger partial charge in [0.1, 0.15) is 0 Å². The number of rotatable bonds is 6. The summed E-state index contributed by atoms with van der Waals surface area (Å²) in [6.07, 6.45) is 0. The molecule has 0 aromatic heterocycles. The predicted octanol–water partition coefficient (Wildman–Crippen LogP) is 3.46. The summed E-state index contributed by atoms with van der Waals surface area (Å²) in [6, 6.07) is 23.8. The Morgan fingerprint density at radius 2 is 1.59 bits per heavy atom. The van der Waals surface area contributed by atoms with E-state index in [9.17, 15) is 14.4 Å². The average molecular weight is 446 g/mol. The molecule has 0 radical (unpaired) electrons. The summed E-state index contributed by atoms with van der Waals surface area (Å²) < 4.78 is 5.11. The van der Waals surface area contributed by atoms with E-state index in [2.05, 4.69) is 15.8 Å². The van der Waals surface area contributed by atoms with Crippen LogP contribution < -0.4 is 10.7 Å². The van der Waals surface area contributed by atoms with Gasteiger partial charge in [-0.1, -0.05) is 60.7 Å². The van der Waals surface area contributed by atoms with E-state index < -0.39 is 18.5 Å². The fourth-order valence-corrected chi connectivity index (χ4v) is 3.85. The first-order chi connectivity index (χ1) is 15.6. The third kappa shape index (κ3) is 5.22. The molecule has 1 aliphatic heterocycles. The Kier molecular flexibility index (Phi) is 6.62. The van der Waals surface area contributed by atoms with Gasteiger partial charge in [0.05, 0.1) is 22.7 Å². The zero-order chi connectivity index (χ0) is 22.3. The van der Waals surface area contributed by atoms with Crippen LogP contribution in [-0.4, -0.2) is 35.9 Å². The van der Waals surface area contributed by atoms with E-state index in [0.29, 0.717) is 17.2 Å². The molecule has 0 saturated heterocycles. The highest BCUT2D eigenvalue weighted by atomic mass is 32.2. The molecule has 3 aromatic rings. The summed E-state index contributed by atoms with van der Waals surface area (Å²) in [6.45, 7) is -0.489. The van der Waals surface area contributed by atoms with E-state index in [-0.39, 0.29) is 11.5 Å². The Bertz CT molecular complexity index is 1140. The average Bonchev–Trinajstić information content (AvgIpc) is 2.83. The highest BCUT2D eigenvalue weighted by Gasteiger charge is 2.18. The topological polar surface area (TPSA) is 96.9 Å². The van der Waals surface area contributed by atoms with Crippen LogP contribution in [-0.2, 0) is 14.3 Å². The molecule has 1 aliphatic rings. The molecular formula is C24H19N3O4S. The minimum Gasteiger partial charge on any atom is -0.452 e. The van der Waals surface area contributed by atoms with Gasteiger partial charge in [0.2, 0.25) is 5.91 Å². The Balaban J connectivity index is 1.40. The Hall–Kier alpha value is -3.91. The molecule has 3 aromatic carbocycles. The molecule has 0 spiro atoms. The van der Waals surface area contributed by atoms with Gasteiger partial charge in [-0.15, -0.1) is 11.8 Å². The van der Waals surface area contributed by atoms with Crippen molar-refractivity contribution in [3.8, 4) is 0 Å². The third-order valence-corrected chi connectivity index (χ3v) is 5.64. The van der Waals surface area contributed by atoms with Crippen LogP contribution in [0.3, 0.4) is 0 Å². The van der Waals surface area contributed by atoms with Crippen LogP contribution >= 0.6 is 11.8 Å².